The third-order valence-electron chi connectivity index (χ3n) is 5.24. The fourth-order valence-corrected chi connectivity index (χ4v) is 4.02. The SMILES string of the molecule is COC(=O)c1cc(NC(=O)CSc2nnc(-c3ccc(C(C)(C)C)cc3)n2C)cc(C(=O)OC)c1. The molecule has 0 bridgehead atoms. The van der Waals surface area contributed by atoms with Crippen LogP contribution in [0.5, 0.6) is 0 Å². The maximum absolute atomic E-state index is 12.6. The van der Waals surface area contributed by atoms with Crippen molar-refractivity contribution < 1.29 is 23.9 Å². The lowest BCUT2D eigenvalue weighted by Crippen LogP contribution is -2.16. The Morgan fingerprint density at radius 3 is 2.03 bits per heavy atom. The summed E-state index contributed by atoms with van der Waals surface area (Å²) in [4.78, 5) is 36.5. The molecule has 0 saturated heterocycles. The van der Waals surface area contributed by atoms with Gasteiger partial charge in [0.2, 0.25) is 5.91 Å². The van der Waals surface area contributed by atoms with E-state index in [0.29, 0.717) is 11.0 Å². The second-order valence-electron chi connectivity index (χ2n) is 8.81. The van der Waals surface area contributed by atoms with Crippen molar-refractivity contribution in [2.24, 2.45) is 7.05 Å². The molecule has 1 N–H and O–H groups in total. The molecule has 1 amide bonds. The van der Waals surface area contributed by atoms with Gasteiger partial charge in [-0.05, 0) is 29.2 Å². The van der Waals surface area contributed by atoms with E-state index in [2.05, 4.69) is 48.4 Å². The lowest BCUT2D eigenvalue weighted by Gasteiger charge is -2.19. The smallest absolute Gasteiger partial charge is 0.337 e. The summed E-state index contributed by atoms with van der Waals surface area (Å²) in [5.74, 6) is -0.871. The van der Waals surface area contributed by atoms with Crippen LogP contribution in [0.3, 0.4) is 0 Å². The Balaban J connectivity index is 1.70. The molecule has 3 aromatic rings. The minimum Gasteiger partial charge on any atom is -0.465 e. The number of rotatable bonds is 7. The maximum Gasteiger partial charge on any atom is 0.337 e. The van der Waals surface area contributed by atoms with Crippen molar-refractivity contribution in [2.75, 3.05) is 25.3 Å². The van der Waals surface area contributed by atoms with Gasteiger partial charge in [-0.25, -0.2) is 9.59 Å². The number of esters is 2. The van der Waals surface area contributed by atoms with Gasteiger partial charge in [0.15, 0.2) is 11.0 Å². The molecule has 0 saturated carbocycles. The Morgan fingerprint density at radius 2 is 1.51 bits per heavy atom. The minimum atomic E-state index is -0.636. The first kappa shape index (κ1) is 26.0. The van der Waals surface area contributed by atoms with Crippen LogP contribution >= 0.6 is 11.8 Å². The standard InChI is InChI=1S/C25H28N4O5S/c1-25(2,3)18-9-7-15(8-10-18)21-27-28-24(29(21)4)35-14-20(30)26-19-12-16(22(31)33-5)11-17(13-19)23(32)34-6/h7-13H,14H2,1-6H3,(H,26,30). The predicted molar refractivity (Wildman–Crippen MR) is 134 cm³/mol. The van der Waals surface area contributed by atoms with Crippen molar-refractivity contribution in [1.82, 2.24) is 14.8 Å². The van der Waals surface area contributed by atoms with Crippen LogP contribution in [0, 0.1) is 0 Å². The van der Waals surface area contributed by atoms with E-state index in [1.54, 1.807) is 0 Å². The molecule has 0 unspecified atom stereocenters. The third kappa shape index (κ3) is 6.27. The van der Waals surface area contributed by atoms with E-state index in [0.717, 1.165) is 5.56 Å². The quantitative estimate of drug-likeness (QED) is 0.385. The van der Waals surface area contributed by atoms with Crippen LogP contribution in [0.1, 0.15) is 47.1 Å². The molecule has 0 atom stereocenters. The number of nitrogens with one attached hydrogen (secondary N) is 1. The topological polar surface area (TPSA) is 112 Å². The van der Waals surface area contributed by atoms with Crippen molar-refractivity contribution >= 4 is 35.3 Å². The number of carbonyl (C=O) groups excluding carboxylic acids is 3. The molecule has 0 spiro atoms. The van der Waals surface area contributed by atoms with Crippen LogP contribution in [0.15, 0.2) is 47.6 Å². The van der Waals surface area contributed by atoms with Crippen LogP contribution in [-0.4, -0.2) is 52.6 Å². The lowest BCUT2D eigenvalue weighted by molar-refractivity contribution is -0.113. The summed E-state index contributed by atoms with van der Waals surface area (Å²) in [6, 6.07) is 12.4. The number of anilines is 1. The molecular weight excluding hydrogens is 468 g/mol. The highest BCUT2D eigenvalue weighted by atomic mass is 32.2. The van der Waals surface area contributed by atoms with E-state index in [1.807, 2.05) is 23.7 Å². The first-order valence-corrected chi connectivity index (χ1v) is 11.8. The third-order valence-corrected chi connectivity index (χ3v) is 6.26. The Morgan fingerprint density at radius 1 is 0.943 bits per heavy atom. The number of nitrogens with zero attached hydrogens (tertiary/aromatic N) is 3. The second kappa shape index (κ2) is 10.7. The number of thioether (sulfide) groups is 1. The van der Waals surface area contributed by atoms with Crippen molar-refractivity contribution in [2.45, 2.75) is 31.3 Å². The zero-order valence-electron chi connectivity index (χ0n) is 20.5. The zero-order valence-corrected chi connectivity index (χ0v) is 21.4. The number of amides is 1. The Kier molecular flexibility index (Phi) is 7.96. The van der Waals surface area contributed by atoms with E-state index in [1.165, 1.54) is 49.7 Å². The van der Waals surface area contributed by atoms with Gasteiger partial charge in [-0.15, -0.1) is 10.2 Å². The molecule has 35 heavy (non-hydrogen) atoms. The first-order chi connectivity index (χ1) is 16.5. The molecule has 2 aromatic carbocycles. The van der Waals surface area contributed by atoms with Crippen LogP contribution in [0.2, 0.25) is 0 Å². The molecular formula is C25H28N4O5S. The van der Waals surface area contributed by atoms with Crippen molar-refractivity contribution in [3.8, 4) is 11.4 Å². The van der Waals surface area contributed by atoms with Gasteiger partial charge >= 0.3 is 11.9 Å². The average molecular weight is 497 g/mol. The molecule has 9 nitrogen and oxygen atoms in total. The number of carbonyl (C=O) groups is 3. The zero-order chi connectivity index (χ0) is 25.8. The number of methoxy groups -OCH3 is 2. The minimum absolute atomic E-state index is 0.0466. The Bertz CT molecular complexity index is 1210. The average Bonchev–Trinajstić information content (AvgIpc) is 3.21. The van der Waals surface area contributed by atoms with Crippen molar-refractivity contribution in [3.63, 3.8) is 0 Å². The summed E-state index contributed by atoms with van der Waals surface area (Å²) in [7, 11) is 4.31. The van der Waals surface area contributed by atoms with E-state index in [-0.39, 0.29) is 33.9 Å². The van der Waals surface area contributed by atoms with Gasteiger partial charge in [-0.2, -0.15) is 0 Å². The highest BCUT2D eigenvalue weighted by Gasteiger charge is 2.18. The van der Waals surface area contributed by atoms with Crippen LogP contribution in [0.4, 0.5) is 5.69 Å². The molecule has 10 heteroatoms. The molecule has 0 aliphatic rings. The monoisotopic (exact) mass is 496 g/mol. The van der Waals surface area contributed by atoms with Gasteiger partial charge in [0, 0.05) is 18.3 Å². The van der Waals surface area contributed by atoms with Crippen LogP contribution in [0.25, 0.3) is 11.4 Å². The molecule has 0 aliphatic heterocycles. The molecule has 3 rings (SSSR count). The van der Waals surface area contributed by atoms with Crippen LogP contribution < -0.4 is 5.32 Å². The number of ether oxygens (including phenoxy) is 2. The van der Waals surface area contributed by atoms with E-state index >= 15 is 0 Å². The molecule has 184 valence electrons. The summed E-state index contributed by atoms with van der Waals surface area (Å²) in [6.07, 6.45) is 0. The Labute approximate surface area is 208 Å². The van der Waals surface area contributed by atoms with Gasteiger partial charge in [-0.1, -0.05) is 56.8 Å². The lowest BCUT2D eigenvalue weighted by atomic mass is 9.87. The van der Waals surface area contributed by atoms with Gasteiger partial charge in [-0.3, -0.25) is 4.79 Å². The predicted octanol–water partition coefficient (Wildman–Crippen LogP) is 4.08. The first-order valence-electron chi connectivity index (χ1n) is 10.8. The fourth-order valence-electron chi connectivity index (χ4n) is 3.31. The number of benzene rings is 2. The summed E-state index contributed by atoms with van der Waals surface area (Å²) in [6.45, 7) is 6.48. The summed E-state index contributed by atoms with van der Waals surface area (Å²) in [5, 5.41) is 11.8. The highest BCUT2D eigenvalue weighted by Crippen LogP contribution is 2.27. The summed E-state index contributed by atoms with van der Waals surface area (Å²) >= 11 is 1.22. The van der Waals surface area contributed by atoms with E-state index in [9.17, 15) is 14.4 Å². The molecule has 0 aliphatic carbocycles. The summed E-state index contributed by atoms with van der Waals surface area (Å²) < 4.78 is 11.3. The van der Waals surface area contributed by atoms with E-state index < -0.39 is 11.9 Å². The van der Waals surface area contributed by atoms with Gasteiger partial charge < -0.3 is 19.4 Å². The van der Waals surface area contributed by atoms with Gasteiger partial charge in [0.05, 0.1) is 31.1 Å². The number of hydrogen-bond acceptors (Lipinski definition) is 8. The van der Waals surface area contributed by atoms with Crippen molar-refractivity contribution in [3.05, 3.63) is 59.2 Å². The number of aromatic nitrogens is 3. The van der Waals surface area contributed by atoms with Gasteiger partial charge in [0.1, 0.15) is 0 Å². The molecule has 0 fully saturated rings. The largest absolute Gasteiger partial charge is 0.465 e. The fraction of sp³-hybridized carbons (Fsp3) is 0.320. The molecule has 1 aromatic heterocycles. The number of hydrogen-bond donors (Lipinski definition) is 1. The molecule has 0 radical (unpaired) electrons. The normalized spacial score (nSPS) is 11.1. The summed E-state index contributed by atoms with van der Waals surface area (Å²) in [5.41, 5.74) is 2.72. The van der Waals surface area contributed by atoms with Gasteiger partial charge in [0.25, 0.3) is 0 Å². The Hall–Kier alpha value is -3.66. The van der Waals surface area contributed by atoms with Crippen LogP contribution in [-0.2, 0) is 26.7 Å². The highest BCUT2D eigenvalue weighted by molar-refractivity contribution is 7.99. The van der Waals surface area contributed by atoms with E-state index in [4.69, 9.17) is 9.47 Å². The second-order valence-corrected chi connectivity index (χ2v) is 9.75. The molecule has 1 heterocycles. The maximum atomic E-state index is 12.6. The van der Waals surface area contributed by atoms with Crippen molar-refractivity contribution in [1.29, 1.82) is 0 Å².